The monoisotopic (exact) mass is 321 g/mol. The van der Waals surface area contributed by atoms with E-state index in [-0.39, 0.29) is 15.5 Å². The van der Waals surface area contributed by atoms with Crippen molar-refractivity contribution in [3.05, 3.63) is 17.0 Å². The Balaban J connectivity index is 2.11. The molecule has 1 aromatic rings. The third-order valence-corrected chi connectivity index (χ3v) is 6.51. The normalized spacial score (nSPS) is 19.4. The predicted molar refractivity (Wildman–Crippen MR) is 76.3 cm³/mol. The van der Waals surface area contributed by atoms with Crippen LogP contribution in [0.2, 0.25) is 0 Å². The molecule has 0 radical (unpaired) electrons. The zero-order valence-corrected chi connectivity index (χ0v) is 13.2. The van der Waals surface area contributed by atoms with Crippen molar-refractivity contribution in [3.63, 3.8) is 0 Å². The molecular weight excluding hydrogens is 306 g/mol. The molecule has 7 heteroatoms. The van der Waals surface area contributed by atoms with E-state index < -0.39 is 9.05 Å². The van der Waals surface area contributed by atoms with Gasteiger partial charge < -0.3 is 4.90 Å². The van der Waals surface area contributed by atoms with Crippen LogP contribution in [0.1, 0.15) is 37.0 Å². The number of thiophene rings is 1. The van der Waals surface area contributed by atoms with Gasteiger partial charge in [-0.15, -0.1) is 11.3 Å². The van der Waals surface area contributed by atoms with Crippen molar-refractivity contribution in [2.75, 3.05) is 13.1 Å². The third-order valence-electron chi connectivity index (χ3n) is 3.47. The fraction of sp³-hybridized carbons (Fsp3) is 0.583. The van der Waals surface area contributed by atoms with E-state index in [0.717, 1.165) is 24.2 Å². The molecule has 0 N–H and O–H groups in total. The predicted octanol–water partition coefficient (Wildman–Crippen LogP) is 2.94. The minimum absolute atomic E-state index is 0.0230. The second kappa shape index (κ2) is 5.07. The van der Waals surface area contributed by atoms with Gasteiger partial charge in [-0.05, 0) is 24.3 Å². The van der Waals surface area contributed by atoms with Crippen molar-refractivity contribution in [3.8, 4) is 0 Å². The zero-order valence-electron chi connectivity index (χ0n) is 10.8. The lowest BCUT2D eigenvalue weighted by molar-refractivity contribution is 0.0630. The first-order valence-electron chi connectivity index (χ1n) is 6.01. The number of carbonyl (C=O) groups is 1. The summed E-state index contributed by atoms with van der Waals surface area (Å²) in [5.41, 5.74) is 0.680. The molecule has 0 bridgehead atoms. The van der Waals surface area contributed by atoms with Crippen molar-refractivity contribution in [2.45, 2.75) is 30.9 Å². The first-order chi connectivity index (χ1) is 8.69. The molecule has 2 heterocycles. The Bertz CT molecular complexity index is 582. The number of likely N-dealkylation sites (tertiary alicyclic amines) is 1. The summed E-state index contributed by atoms with van der Waals surface area (Å²) in [6, 6.07) is 1.36. The minimum Gasteiger partial charge on any atom is -0.339 e. The lowest BCUT2D eigenvalue weighted by Crippen LogP contribution is -2.41. The van der Waals surface area contributed by atoms with E-state index in [9.17, 15) is 13.2 Å². The van der Waals surface area contributed by atoms with Crippen LogP contribution in [0.5, 0.6) is 0 Å². The molecule has 0 unspecified atom stereocenters. The van der Waals surface area contributed by atoms with Crippen molar-refractivity contribution in [1.29, 1.82) is 0 Å². The Kier molecular flexibility index (Phi) is 3.95. The van der Waals surface area contributed by atoms with Gasteiger partial charge in [-0.2, -0.15) is 0 Å². The molecule has 106 valence electrons. The number of hydrogen-bond acceptors (Lipinski definition) is 4. The fourth-order valence-corrected chi connectivity index (χ4v) is 3.99. The van der Waals surface area contributed by atoms with Crippen LogP contribution in [0.3, 0.4) is 0 Å². The van der Waals surface area contributed by atoms with Crippen LogP contribution in [0, 0.1) is 5.41 Å². The lowest BCUT2D eigenvalue weighted by atomic mass is 9.82. The second-order valence-electron chi connectivity index (χ2n) is 5.55. The highest BCUT2D eigenvalue weighted by molar-refractivity contribution is 8.15. The SMILES string of the molecule is CC1(C)CCN(C(=O)c2csc(S(=O)(=O)Cl)c2)CC1. The molecule has 1 amide bonds. The van der Waals surface area contributed by atoms with Crippen LogP contribution in [0.4, 0.5) is 0 Å². The maximum atomic E-state index is 12.2. The van der Waals surface area contributed by atoms with E-state index in [2.05, 4.69) is 13.8 Å². The molecule has 0 aliphatic carbocycles. The van der Waals surface area contributed by atoms with Crippen molar-refractivity contribution in [1.82, 2.24) is 4.90 Å². The highest BCUT2D eigenvalue weighted by atomic mass is 35.7. The van der Waals surface area contributed by atoms with Gasteiger partial charge in [0.15, 0.2) is 0 Å². The molecule has 0 atom stereocenters. The van der Waals surface area contributed by atoms with Crippen molar-refractivity contribution in [2.24, 2.45) is 5.41 Å². The number of halogens is 1. The smallest absolute Gasteiger partial charge is 0.270 e. The van der Waals surface area contributed by atoms with E-state index in [0.29, 0.717) is 18.7 Å². The molecule has 4 nitrogen and oxygen atoms in total. The topological polar surface area (TPSA) is 54.5 Å². The summed E-state index contributed by atoms with van der Waals surface area (Å²) >= 11 is 0.981. The molecule has 1 aromatic heterocycles. The average Bonchev–Trinajstić information content (AvgIpc) is 2.77. The fourth-order valence-electron chi connectivity index (χ4n) is 2.05. The van der Waals surface area contributed by atoms with Gasteiger partial charge in [0.25, 0.3) is 15.0 Å². The quantitative estimate of drug-likeness (QED) is 0.787. The van der Waals surface area contributed by atoms with E-state index >= 15 is 0 Å². The van der Waals surface area contributed by atoms with E-state index in [1.54, 1.807) is 10.3 Å². The molecule has 19 heavy (non-hydrogen) atoms. The molecule has 1 saturated heterocycles. The Morgan fingerprint density at radius 2 is 1.95 bits per heavy atom. The van der Waals surface area contributed by atoms with Gasteiger partial charge in [-0.3, -0.25) is 4.79 Å². The van der Waals surface area contributed by atoms with E-state index in [1.165, 1.54) is 6.07 Å². The maximum absolute atomic E-state index is 12.2. The molecule has 0 saturated carbocycles. The average molecular weight is 322 g/mol. The van der Waals surface area contributed by atoms with Crippen LogP contribution < -0.4 is 0 Å². The summed E-state index contributed by atoms with van der Waals surface area (Å²) in [6.45, 7) is 5.81. The number of piperidine rings is 1. The molecule has 1 aliphatic rings. The standard InChI is InChI=1S/C12H16ClNO3S2/c1-12(2)3-5-14(6-4-12)11(15)9-7-10(18-8-9)19(13,16)17/h7-8H,3-6H2,1-2H3. The van der Waals surface area contributed by atoms with Gasteiger partial charge in [0, 0.05) is 29.2 Å². The molecule has 2 rings (SSSR count). The van der Waals surface area contributed by atoms with Crippen molar-refractivity contribution < 1.29 is 13.2 Å². The van der Waals surface area contributed by atoms with Crippen LogP contribution >= 0.6 is 22.0 Å². The Hall–Kier alpha value is -0.590. The van der Waals surface area contributed by atoms with Crippen molar-refractivity contribution >= 4 is 37.0 Å². The van der Waals surface area contributed by atoms with Gasteiger partial charge in [0.1, 0.15) is 4.21 Å². The summed E-state index contributed by atoms with van der Waals surface area (Å²) < 4.78 is 22.4. The molecule has 1 fully saturated rings. The van der Waals surface area contributed by atoms with E-state index in [4.69, 9.17) is 10.7 Å². The number of amides is 1. The van der Waals surface area contributed by atoms with Gasteiger partial charge in [-0.1, -0.05) is 13.8 Å². The maximum Gasteiger partial charge on any atom is 0.270 e. The van der Waals surface area contributed by atoms with Crippen LogP contribution in [0.25, 0.3) is 0 Å². The highest BCUT2D eigenvalue weighted by Gasteiger charge is 2.29. The molecular formula is C12H16ClNO3S2. The van der Waals surface area contributed by atoms with Crippen LogP contribution in [0.15, 0.2) is 15.7 Å². The lowest BCUT2D eigenvalue weighted by Gasteiger charge is -2.36. The second-order valence-corrected chi connectivity index (χ2v) is 9.25. The van der Waals surface area contributed by atoms with Gasteiger partial charge in [0.05, 0.1) is 5.56 Å². The third kappa shape index (κ3) is 3.49. The molecule has 0 aromatic carbocycles. The zero-order chi connectivity index (χ0) is 14.3. The van der Waals surface area contributed by atoms with Gasteiger partial charge >= 0.3 is 0 Å². The number of rotatable bonds is 2. The Labute approximate surface area is 121 Å². The number of hydrogen-bond donors (Lipinski definition) is 0. The van der Waals surface area contributed by atoms with Crippen LogP contribution in [-0.4, -0.2) is 32.3 Å². The Morgan fingerprint density at radius 1 is 1.37 bits per heavy atom. The molecule has 0 spiro atoms. The summed E-state index contributed by atoms with van der Waals surface area (Å²) in [7, 11) is 1.51. The van der Waals surface area contributed by atoms with Crippen LogP contribution in [-0.2, 0) is 9.05 Å². The number of carbonyl (C=O) groups excluding carboxylic acids is 1. The van der Waals surface area contributed by atoms with Gasteiger partial charge in [0.2, 0.25) is 0 Å². The van der Waals surface area contributed by atoms with Gasteiger partial charge in [-0.25, -0.2) is 8.42 Å². The summed E-state index contributed by atoms with van der Waals surface area (Å²) in [5, 5.41) is 1.55. The highest BCUT2D eigenvalue weighted by Crippen LogP contribution is 2.31. The first-order valence-corrected chi connectivity index (χ1v) is 9.20. The van der Waals surface area contributed by atoms with E-state index in [1.807, 2.05) is 0 Å². The number of nitrogens with zero attached hydrogens (tertiary/aromatic N) is 1. The molecule has 1 aliphatic heterocycles. The Morgan fingerprint density at radius 3 is 2.42 bits per heavy atom. The first kappa shape index (κ1) is 14.8. The summed E-state index contributed by atoms with van der Waals surface area (Å²) in [5.74, 6) is -0.113. The summed E-state index contributed by atoms with van der Waals surface area (Å²) in [4.78, 5) is 14.0. The minimum atomic E-state index is -3.74. The largest absolute Gasteiger partial charge is 0.339 e. The summed E-state index contributed by atoms with van der Waals surface area (Å²) in [6.07, 6.45) is 1.92.